The molecule has 108 valence electrons. The molecule has 0 fully saturated rings. The summed E-state index contributed by atoms with van der Waals surface area (Å²) in [5, 5.41) is 3.07. The zero-order chi connectivity index (χ0) is 14.5. The van der Waals surface area contributed by atoms with E-state index in [1.54, 1.807) is 26.2 Å². The van der Waals surface area contributed by atoms with Gasteiger partial charge in [-0.15, -0.1) is 0 Å². The van der Waals surface area contributed by atoms with Crippen LogP contribution in [0.25, 0.3) is 0 Å². The highest BCUT2D eigenvalue weighted by atomic mass is 32.2. The van der Waals surface area contributed by atoms with Crippen molar-refractivity contribution < 1.29 is 13.2 Å². The van der Waals surface area contributed by atoms with Gasteiger partial charge in [0.2, 0.25) is 10.0 Å². The average molecular weight is 286 g/mol. The van der Waals surface area contributed by atoms with Crippen LogP contribution < -0.4 is 14.8 Å². The van der Waals surface area contributed by atoms with Crippen LogP contribution in [0.1, 0.15) is 18.1 Å². The van der Waals surface area contributed by atoms with E-state index in [4.69, 9.17) is 4.74 Å². The Bertz CT molecular complexity index is 527. The molecule has 1 aromatic carbocycles. The van der Waals surface area contributed by atoms with E-state index in [9.17, 15) is 8.42 Å². The van der Waals surface area contributed by atoms with Gasteiger partial charge in [-0.2, -0.15) is 0 Å². The summed E-state index contributed by atoms with van der Waals surface area (Å²) < 4.78 is 32.1. The molecule has 0 bridgehead atoms. The molecule has 19 heavy (non-hydrogen) atoms. The minimum absolute atomic E-state index is 0.308. The highest BCUT2D eigenvalue weighted by Gasteiger charge is 2.18. The number of benzene rings is 1. The first-order chi connectivity index (χ1) is 8.92. The maximum atomic E-state index is 12.2. The molecule has 0 spiro atoms. The van der Waals surface area contributed by atoms with E-state index in [0.29, 0.717) is 29.3 Å². The van der Waals surface area contributed by atoms with Gasteiger partial charge in [-0.3, -0.25) is 0 Å². The van der Waals surface area contributed by atoms with Gasteiger partial charge in [-0.25, -0.2) is 13.1 Å². The largest absolute Gasteiger partial charge is 0.496 e. The van der Waals surface area contributed by atoms with E-state index < -0.39 is 10.0 Å². The smallest absolute Gasteiger partial charge is 0.240 e. The molecular weight excluding hydrogens is 264 g/mol. The van der Waals surface area contributed by atoms with E-state index in [2.05, 4.69) is 10.0 Å². The SMILES string of the molecule is CCNCCNS(=O)(=O)c1cc(C)c(OC)cc1C. The van der Waals surface area contributed by atoms with Crippen molar-refractivity contribution >= 4 is 10.0 Å². The van der Waals surface area contributed by atoms with Crippen molar-refractivity contribution in [2.24, 2.45) is 0 Å². The van der Waals surface area contributed by atoms with Gasteiger partial charge in [-0.05, 0) is 43.7 Å². The first kappa shape index (κ1) is 15.9. The number of nitrogens with one attached hydrogen (secondary N) is 2. The van der Waals surface area contributed by atoms with Gasteiger partial charge in [0.1, 0.15) is 5.75 Å². The molecule has 0 aromatic heterocycles. The Morgan fingerprint density at radius 2 is 1.84 bits per heavy atom. The van der Waals surface area contributed by atoms with Crippen LogP contribution in [0.5, 0.6) is 5.75 Å². The monoisotopic (exact) mass is 286 g/mol. The van der Waals surface area contributed by atoms with E-state index in [-0.39, 0.29) is 0 Å². The van der Waals surface area contributed by atoms with Crippen LogP contribution >= 0.6 is 0 Å². The quantitative estimate of drug-likeness (QED) is 0.739. The van der Waals surface area contributed by atoms with Gasteiger partial charge in [0.15, 0.2) is 0 Å². The Balaban J connectivity index is 2.92. The Hall–Kier alpha value is -1.11. The fourth-order valence-electron chi connectivity index (χ4n) is 1.80. The summed E-state index contributed by atoms with van der Waals surface area (Å²) in [6, 6.07) is 3.39. The van der Waals surface area contributed by atoms with E-state index in [1.807, 2.05) is 13.8 Å². The van der Waals surface area contributed by atoms with Gasteiger partial charge < -0.3 is 10.1 Å². The number of likely N-dealkylation sites (N-methyl/N-ethyl adjacent to an activating group) is 1. The molecule has 0 aliphatic rings. The van der Waals surface area contributed by atoms with Crippen LogP contribution in [0.4, 0.5) is 0 Å². The lowest BCUT2D eigenvalue weighted by atomic mass is 10.1. The van der Waals surface area contributed by atoms with Crippen molar-refractivity contribution in [2.75, 3.05) is 26.7 Å². The minimum atomic E-state index is -3.46. The molecular formula is C13H22N2O3S. The van der Waals surface area contributed by atoms with E-state index >= 15 is 0 Å². The van der Waals surface area contributed by atoms with Crippen LogP contribution in [0.3, 0.4) is 0 Å². The fourth-order valence-corrected chi connectivity index (χ4v) is 3.14. The summed E-state index contributed by atoms with van der Waals surface area (Å²) in [5.41, 5.74) is 1.48. The second-order valence-corrected chi connectivity index (χ2v) is 6.07. The van der Waals surface area contributed by atoms with E-state index in [0.717, 1.165) is 12.1 Å². The number of aryl methyl sites for hydroxylation is 2. The first-order valence-corrected chi connectivity index (χ1v) is 7.76. The van der Waals surface area contributed by atoms with Gasteiger partial charge in [0.05, 0.1) is 12.0 Å². The Morgan fingerprint density at radius 3 is 2.42 bits per heavy atom. The number of hydrogen-bond donors (Lipinski definition) is 2. The molecule has 6 heteroatoms. The van der Waals surface area contributed by atoms with Crippen LogP contribution in [-0.2, 0) is 10.0 Å². The van der Waals surface area contributed by atoms with Gasteiger partial charge in [0, 0.05) is 13.1 Å². The molecule has 0 amide bonds. The van der Waals surface area contributed by atoms with Crippen LogP contribution in [-0.4, -0.2) is 35.2 Å². The summed E-state index contributed by atoms with van der Waals surface area (Å²) in [4.78, 5) is 0.308. The maximum Gasteiger partial charge on any atom is 0.240 e. The molecule has 0 unspecified atom stereocenters. The van der Waals surface area contributed by atoms with Crippen molar-refractivity contribution in [1.82, 2.24) is 10.0 Å². The van der Waals surface area contributed by atoms with Crippen LogP contribution in [0.2, 0.25) is 0 Å². The summed E-state index contributed by atoms with van der Waals surface area (Å²) in [6.45, 7) is 7.38. The Kier molecular flexibility index (Phi) is 5.78. The summed E-state index contributed by atoms with van der Waals surface area (Å²) in [5.74, 6) is 0.698. The van der Waals surface area contributed by atoms with Gasteiger partial charge in [0.25, 0.3) is 0 Å². The molecule has 5 nitrogen and oxygen atoms in total. The standard InChI is InChI=1S/C13H22N2O3S/c1-5-14-6-7-15-19(16,17)13-9-10(2)12(18-4)8-11(13)3/h8-9,14-15H,5-7H2,1-4H3. The van der Waals surface area contributed by atoms with Gasteiger partial charge >= 0.3 is 0 Å². The summed E-state index contributed by atoms with van der Waals surface area (Å²) >= 11 is 0. The second kappa shape index (κ2) is 6.88. The maximum absolute atomic E-state index is 12.2. The minimum Gasteiger partial charge on any atom is -0.496 e. The predicted molar refractivity (Wildman–Crippen MR) is 76.2 cm³/mol. The molecule has 0 saturated carbocycles. The zero-order valence-corrected chi connectivity index (χ0v) is 12.7. The highest BCUT2D eigenvalue weighted by Crippen LogP contribution is 2.25. The Labute approximate surface area is 115 Å². The van der Waals surface area contributed by atoms with Crippen molar-refractivity contribution in [3.05, 3.63) is 23.3 Å². The molecule has 0 radical (unpaired) electrons. The third kappa shape index (κ3) is 4.19. The Morgan fingerprint density at radius 1 is 1.16 bits per heavy atom. The average Bonchev–Trinajstić information content (AvgIpc) is 2.36. The number of ether oxygens (including phenoxy) is 1. The van der Waals surface area contributed by atoms with Crippen LogP contribution in [0.15, 0.2) is 17.0 Å². The van der Waals surface area contributed by atoms with Crippen molar-refractivity contribution in [1.29, 1.82) is 0 Å². The van der Waals surface area contributed by atoms with Crippen molar-refractivity contribution in [3.8, 4) is 5.75 Å². The second-order valence-electron chi connectivity index (χ2n) is 4.34. The molecule has 2 N–H and O–H groups in total. The summed E-state index contributed by atoms with van der Waals surface area (Å²) in [6.07, 6.45) is 0. The normalized spacial score (nSPS) is 11.6. The zero-order valence-electron chi connectivity index (χ0n) is 11.9. The molecule has 0 heterocycles. The van der Waals surface area contributed by atoms with Crippen LogP contribution in [0, 0.1) is 13.8 Å². The fraction of sp³-hybridized carbons (Fsp3) is 0.538. The third-order valence-electron chi connectivity index (χ3n) is 2.83. The lowest BCUT2D eigenvalue weighted by Crippen LogP contribution is -2.32. The lowest BCUT2D eigenvalue weighted by molar-refractivity contribution is 0.411. The first-order valence-electron chi connectivity index (χ1n) is 6.28. The molecule has 0 saturated heterocycles. The molecule has 0 aliphatic carbocycles. The number of hydrogen-bond acceptors (Lipinski definition) is 4. The van der Waals surface area contributed by atoms with Crippen molar-refractivity contribution in [2.45, 2.75) is 25.7 Å². The molecule has 0 atom stereocenters. The van der Waals surface area contributed by atoms with E-state index in [1.165, 1.54) is 0 Å². The predicted octanol–water partition coefficient (Wildman–Crippen LogP) is 1.20. The topological polar surface area (TPSA) is 67.4 Å². The van der Waals surface area contributed by atoms with Gasteiger partial charge in [-0.1, -0.05) is 6.92 Å². The molecule has 1 aromatic rings. The molecule has 1 rings (SSSR count). The number of sulfonamides is 1. The third-order valence-corrected chi connectivity index (χ3v) is 4.43. The number of rotatable bonds is 7. The van der Waals surface area contributed by atoms with Crippen molar-refractivity contribution in [3.63, 3.8) is 0 Å². The summed E-state index contributed by atoms with van der Waals surface area (Å²) in [7, 11) is -1.89. The highest BCUT2D eigenvalue weighted by molar-refractivity contribution is 7.89. The lowest BCUT2D eigenvalue weighted by Gasteiger charge is -2.12. The molecule has 0 aliphatic heterocycles. The number of methoxy groups -OCH3 is 1.